The van der Waals surface area contributed by atoms with Crippen LogP contribution in [0.4, 0.5) is 5.69 Å². The Labute approximate surface area is 156 Å². The second-order valence-electron chi connectivity index (χ2n) is 6.19. The van der Waals surface area contributed by atoms with E-state index in [1.807, 2.05) is 6.92 Å². The van der Waals surface area contributed by atoms with Gasteiger partial charge < -0.3 is 5.32 Å². The lowest BCUT2D eigenvalue weighted by Crippen LogP contribution is -2.32. The lowest BCUT2D eigenvalue weighted by atomic mass is 10.1. The highest BCUT2D eigenvalue weighted by atomic mass is 32.2. The van der Waals surface area contributed by atoms with Gasteiger partial charge in [-0.2, -0.15) is 0 Å². The topological polar surface area (TPSA) is 66.5 Å². The highest BCUT2D eigenvalue weighted by Crippen LogP contribution is 2.23. The van der Waals surface area contributed by atoms with Crippen LogP contribution in [0.2, 0.25) is 0 Å². The Morgan fingerprint density at radius 2 is 1.65 bits per heavy atom. The Morgan fingerprint density at radius 1 is 1.04 bits per heavy atom. The van der Waals surface area contributed by atoms with Crippen LogP contribution in [0.3, 0.4) is 0 Å². The summed E-state index contributed by atoms with van der Waals surface area (Å²) < 4.78 is 27.0. The molecule has 0 aliphatic heterocycles. The summed E-state index contributed by atoms with van der Waals surface area (Å²) in [6.45, 7) is 6.13. The number of carbonyl (C=O) groups excluding carboxylic acids is 1. The van der Waals surface area contributed by atoms with E-state index < -0.39 is 10.0 Å². The average Bonchev–Trinajstić information content (AvgIpc) is 2.63. The molecule has 0 radical (unpaired) electrons. The summed E-state index contributed by atoms with van der Waals surface area (Å²) >= 11 is 0. The number of nitrogens with one attached hydrogen (secondary N) is 1. The molecule has 0 bridgehead atoms. The smallest absolute Gasteiger partial charge is 0.264 e. The Hall–Kier alpha value is -2.34. The maximum Gasteiger partial charge on any atom is 0.264 e. The first-order chi connectivity index (χ1) is 12.4. The third kappa shape index (κ3) is 4.64. The highest BCUT2D eigenvalue weighted by molar-refractivity contribution is 7.92. The Bertz CT molecular complexity index is 818. The van der Waals surface area contributed by atoms with E-state index in [0.717, 1.165) is 12.8 Å². The van der Waals surface area contributed by atoms with Crippen LogP contribution >= 0.6 is 0 Å². The van der Waals surface area contributed by atoms with Gasteiger partial charge in [-0.15, -0.1) is 0 Å². The molecule has 0 heterocycles. The summed E-state index contributed by atoms with van der Waals surface area (Å²) in [5.41, 5.74) is 1.05. The minimum absolute atomic E-state index is 0.109. The zero-order chi connectivity index (χ0) is 19.2. The summed E-state index contributed by atoms with van der Waals surface area (Å²) in [5.74, 6) is -0.147. The highest BCUT2D eigenvalue weighted by Gasteiger charge is 2.23. The number of nitrogens with zero attached hydrogens (tertiary/aromatic N) is 1. The number of anilines is 1. The minimum atomic E-state index is -3.63. The average molecular weight is 375 g/mol. The second kappa shape index (κ2) is 8.85. The van der Waals surface area contributed by atoms with Gasteiger partial charge in [-0.25, -0.2) is 8.42 Å². The third-order valence-electron chi connectivity index (χ3n) is 4.14. The fourth-order valence-electron chi connectivity index (χ4n) is 2.80. The van der Waals surface area contributed by atoms with E-state index in [0.29, 0.717) is 17.8 Å². The number of rotatable bonds is 8. The molecule has 0 aliphatic carbocycles. The van der Waals surface area contributed by atoms with Crippen molar-refractivity contribution in [2.24, 2.45) is 0 Å². The molecule has 2 rings (SSSR count). The molecule has 6 heteroatoms. The van der Waals surface area contributed by atoms with Crippen molar-refractivity contribution >= 4 is 21.6 Å². The van der Waals surface area contributed by atoms with Crippen LogP contribution in [-0.2, 0) is 10.0 Å². The van der Waals surface area contributed by atoms with Crippen molar-refractivity contribution in [3.05, 3.63) is 60.2 Å². The molecule has 0 aromatic heterocycles. The molecule has 1 N–H and O–H groups in total. The normalized spacial score (nSPS) is 12.4. The van der Waals surface area contributed by atoms with E-state index in [1.54, 1.807) is 61.5 Å². The summed E-state index contributed by atoms with van der Waals surface area (Å²) in [6.07, 6.45) is 1.92. The van der Waals surface area contributed by atoms with Crippen LogP contribution in [0.25, 0.3) is 0 Å². The Morgan fingerprint density at radius 3 is 2.19 bits per heavy atom. The largest absolute Gasteiger partial charge is 0.350 e. The molecule has 1 amide bonds. The molecule has 0 unspecified atom stereocenters. The molecule has 0 spiro atoms. The number of hydrogen-bond acceptors (Lipinski definition) is 3. The molecular weight excluding hydrogens is 348 g/mol. The van der Waals surface area contributed by atoms with Gasteiger partial charge in [0.05, 0.1) is 10.6 Å². The SMILES string of the molecule is CCC[C@@H](C)NC(=O)c1ccc(N(CC)S(=O)(=O)c2ccccc2)cc1. The molecule has 2 aromatic rings. The zero-order valence-corrected chi connectivity index (χ0v) is 16.3. The van der Waals surface area contributed by atoms with Crippen LogP contribution in [0, 0.1) is 0 Å². The molecule has 1 atom stereocenters. The van der Waals surface area contributed by atoms with Gasteiger partial charge >= 0.3 is 0 Å². The van der Waals surface area contributed by atoms with Crippen molar-refractivity contribution in [2.75, 3.05) is 10.8 Å². The lowest BCUT2D eigenvalue weighted by molar-refractivity contribution is 0.0938. The van der Waals surface area contributed by atoms with Gasteiger partial charge in [-0.3, -0.25) is 9.10 Å². The maximum absolute atomic E-state index is 12.8. The molecule has 0 fully saturated rings. The van der Waals surface area contributed by atoms with Gasteiger partial charge in [-0.1, -0.05) is 31.5 Å². The first-order valence-electron chi connectivity index (χ1n) is 8.88. The molecule has 0 saturated carbocycles. The quantitative estimate of drug-likeness (QED) is 0.764. The van der Waals surface area contributed by atoms with Gasteiger partial charge in [0.15, 0.2) is 0 Å². The van der Waals surface area contributed by atoms with Crippen LogP contribution < -0.4 is 9.62 Å². The van der Waals surface area contributed by atoms with Gasteiger partial charge in [0.1, 0.15) is 0 Å². The number of sulfonamides is 1. The lowest BCUT2D eigenvalue weighted by Gasteiger charge is -2.23. The molecule has 5 nitrogen and oxygen atoms in total. The van der Waals surface area contributed by atoms with Crippen molar-refractivity contribution in [1.29, 1.82) is 0 Å². The fourth-order valence-corrected chi connectivity index (χ4v) is 4.30. The van der Waals surface area contributed by atoms with Gasteiger partial charge in [-0.05, 0) is 56.7 Å². The van der Waals surface area contributed by atoms with Crippen LogP contribution in [-0.4, -0.2) is 26.9 Å². The summed E-state index contributed by atoms with van der Waals surface area (Å²) in [7, 11) is -3.63. The van der Waals surface area contributed by atoms with E-state index >= 15 is 0 Å². The number of benzene rings is 2. The van der Waals surface area contributed by atoms with E-state index in [1.165, 1.54) is 4.31 Å². The molecular formula is C20H26N2O3S. The molecule has 0 aliphatic rings. The van der Waals surface area contributed by atoms with Gasteiger partial charge in [0, 0.05) is 18.2 Å². The van der Waals surface area contributed by atoms with Crippen molar-refractivity contribution in [2.45, 2.75) is 44.6 Å². The molecule has 0 saturated heterocycles. The molecule has 140 valence electrons. The molecule has 26 heavy (non-hydrogen) atoms. The number of amides is 1. The van der Waals surface area contributed by atoms with Gasteiger partial charge in [0.2, 0.25) is 0 Å². The van der Waals surface area contributed by atoms with E-state index in [9.17, 15) is 13.2 Å². The van der Waals surface area contributed by atoms with Crippen molar-refractivity contribution in [1.82, 2.24) is 5.32 Å². The number of carbonyl (C=O) groups is 1. The first kappa shape index (κ1) is 20.0. The minimum Gasteiger partial charge on any atom is -0.350 e. The summed E-state index contributed by atoms with van der Waals surface area (Å²) in [5, 5.41) is 2.95. The van der Waals surface area contributed by atoms with Crippen LogP contribution in [0.15, 0.2) is 59.5 Å². The van der Waals surface area contributed by atoms with Gasteiger partial charge in [0.25, 0.3) is 15.9 Å². The predicted molar refractivity (Wildman–Crippen MR) is 105 cm³/mol. The Balaban J connectivity index is 2.21. The zero-order valence-electron chi connectivity index (χ0n) is 15.5. The standard InChI is InChI=1S/C20H26N2O3S/c1-4-9-16(3)21-20(23)17-12-14-18(15-13-17)22(5-2)26(24,25)19-10-7-6-8-11-19/h6-8,10-16H,4-5,9H2,1-3H3,(H,21,23)/t16-/m1/s1. The fraction of sp³-hybridized carbons (Fsp3) is 0.350. The van der Waals surface area contributed by atoms with E-state index in [4.69, 9.17) is 0 Å². The summed E-state index contributed by atoms with van der Waals surface area (Å²) in [4.78, 5) is 12.5. The third-order valence-corrected chi connectivity index (χ3v) is 6.05. The predicted octanol–water partition coefficient (Wildman–Crippen LogP) is 3.82. The first-order valence-corrected chi connectivity index (χ1v) is 10.3. The van der Waals surface area contributed by atoms with Crippen molar-refractivity contribution in [3.63, 3.8) is 0 Å². The maximum atomic E-state index is 12.8. The Kier molecular flexibility index (Phi) is 6.80. The van der Waals surface area contributed by atoms with Crippen molar-refractivity contribution in [3.8, 4) is 0 Å². The van der Waals surface area contributed by atoms with Crippen LogP contribution in [0.1, 0.15) is 44.0 Å². The van der Waals surface area contributed by atoms with Crippen molar-refractivity contribution < 1.29 is 13.2 Å². The monoisotopic (exact) mass is 374 g/mol. The number of hydrogen-bond donors (Lipinski definition) is 1. The van der Waals surface area contributed by atoms with Crippen LogP contribution in [0.5, 0.6) is 0 Å². The van der Waals surface area contributed by atoms with E-state index in [-0.39, 0.29) is 16.8 Å². The van der Waals surface area contributed by atoms with E-state index in [2.05, 4.69) is 12.2 Å². The summed E-state index contributed by atoms with van der Waals surface area (Å²) in [6, 6.07) is 15.1. The second-order valence-corrected chi connectivity index (χ2v) is 8.06. The molecule has 2 aromatic carbocycles.